The number of carboxylic acid groups (broad SMARTS) is 1. The fourth-order valence-corrected chi connectivity index (χ4v) is 1.96. The molecule has 0 saturated carbocycles. The van der Waals surface area contributed by atoms with Crippen molar-refractivity contribution in [3.63, 3.8) is 0 Å². The number of amides is 1. The SMILES string of the molecule is CCc1ccccc1N(C(=O)O)c1ccccc1. The van der Waals surface area contributed by atoms with E-state index in [-0.39, 0.29) is 0 Å². The van der Waals surface area contributed by atoms with Crippen molar-refractivity contribution < 1.29 is 9.90 Å². The number of rotatable bonds is 3. The van der Waals surface area contributed by atoms with Crippen LogP contribution in [0.15, 0.2) is 54.6 Å². The summed E-state index contributed by atoms with van der Waals surface area (Å²) in [7, 11) is 0. The Bertz CT molecular complexity index is 537. The van der Waals surface area contributed by atoms with Gasteiger partial charge in [0.25, 0.3) is 0 Å². The van der Waals surface area contributed by atoms with Crippen molar-refractivity contribution in [1.29, 1.82) is 0 Å². The molecule has 0 fully saturated rings. The maximum atomic E-state index is 11.5. The van der Waals surface area contributed by atoms with E-state index in [1.54, 1.807) is 12.1 Å². The minimum atomic E-state index is -0.970. The predicted molar refractivity (Wildman–Crippen MR) is 72.4 cm³/mol. The van der Waals surface area contributed by atoms with Crippen LogP contribution in [0.2, 0.25) is 0 Å². The molecule has 2 aromatic carbocycles. The van der Waals surface area contributed by atoms with Crippen molar-refractivity contribution in [2.45, 2.75) is 13.3 Å². The second-order valence-corrected chi connectivity index (χ2v) is 3.94. The van der Waals surface area contributed by atoms with E-state index in [1.165, 1.54) is 4.90 Å². The lowest BCUT2D eigenvalue weighted by atomic mass is 10.1. The number of hydrogen-bond acceptors (Lipinski definition) is 1. The van der Waals surface area contributed by atoms with Crippen LogP contribution in [-0.2, 0) is 6.42 Å². The molecule has 3 heteroatoms. The third kappa shape index (κ3) is 2.35. The average Bonchev–Trinajstić information content (AvgIpc) is 2.40. The molecule has 0 aromatic heterocycles. The largest absolute Gasteiger partial charge is 0.464 e. The summed E-state index contributed by atoms with van der Waals surface area (Å²) in [5.74, 6) is 0. The fourth-order valence-electron chi connectivity index (χ4n) is 1.96. The molecule has 2 aromatic rings. The Morgan fingerprint density at radius 2 is 1.67 bits per heavy atom. The third-order valence-corrected chi connectivity index (χ3v) is 2.82. The lowest BCUT2D eigenvalue weighted by Crippen LogP contribution is -2.24. The van der Waals surface area contributed by atoms with Crippen LogP contribution in [0, 0.1) is 0 Å². The summed E-state index contributed by atoms with van der Waals surface area (Å²) >= 11 is 0. The number of aryl methyl sites for hydroxylation is 1. The number of hydrogen-bond donors (Lipinski definition) is 1. The molecule has 0 radical (unpaired) electrons. The van der Waals surface area contributed by atoms with Gasteiger partial charge in [-0.2, -0.15) is 0 Å². The average molecular weight is 241 g/mol. The Hall–Kier alpha value is -2.29. The molecule has 0 aliphatic heterocycles. The summed E-state index contributed by atoms with van der Waals surface area (Å²) in [5, 5.41) is 9.43. The summed E-state index contributed by atoms with van der Waals surface area (Å²) in [5.41, 5.74) is 2.40. The Kier molecular flexibility index (Phi) is 3.63. The van der Waals surface area contributed by atoms with Crippen LogP contribution in [0.5, 0.6) is 0 Å². The van der Waals surface area contributed by atoms with Gasteiger partial charge in [-0.05, 0) is 30.2 Å². The van der Waals surface area contributed by atoms with Gasteiger partial charge in [-0.1, -0.05) is 43.3 Å². The predicted octanol–water partition coefficient (Wildman–Crippen LogP) is 4.07. The first-order valence-corrected chi connectivity index (χ1v) is 5.90. The molecule has 18 heavy (non-hydrogen) atoms. The highest BCUT2D eigenvalue weighted by Gasteiger charge is 2.18. The fraction of sp³-hybridized carbons (Fsp3) is 0.133. The monoisotopic (exact) mass is 241 g/mol. The van der Waals surface area contributed by atoms with E-state index in [4.69, 9.17) is 0 Å². The lowest BCUT2D eigenvalue weighted by molar-refractivity contribution is 0.204. The number of carbonyl (C=O) groups is 1. The number of para-hydroxylation sites is 2. The van der Waals surface area contributed by atoms with E-state index < -0.39 is 6.09 Å². The van der Waals surface area contributed by atoms with E-state index in [9.17, 15) is 9.90 Å². The molecular weight excluding hydrogens is 226 g/mol. The van der Waals surface area contributed by atoms with Crippen LogP contribution in [-0.4, -0.2) is 11.2 Å². The standard InChI is InChI=1S/C15H15NO2/c1-2-12-8-6-7-11-14(12)16(15(17)18)13-9-4-3-5-10-13/h3-11H,2H2,1H3,(H,17,18). The van der Waals surface area contributed by atoms with Crippen LogP contribution in [0.25, 0.3) is 0 Å². The topological polar surface area (TPSA) is 40.5 Å². The molecule has 0 saturated heterocycles. The van der Waals surface area contributed by atoms with Gasteiger partial charge in [0.1, 0.15) is 0 Å². The van der Waals surface area contributed by atoms with Gasteiger partial charge in [-0.25, -0.2) is 9.69 Å². The second kappa shape index (κ2) is 5.36. The van der Waals surface area contributed by atoms with Crippen LogP contribution in [0.4, 0.5) is 16.2 Å². The Labute approximate surface area is 106 Å². The van der Waals surface area contributed by atoms with Crippen LogP contribution < -0.4 is 4.90 Å². The molecular formula is C15H15NO2. The molecule has 2 rings (SSSR count). The molecule has 0 atom stereocenters. The molecule has 92 valence electrons. The molecule has 3 nitrogen and oxygen atoms in total. The highest BCUT2D eigenvalue weighted by Crippen LogP contribution is 2.28. The van der Waals surface area contributed by atoms with Gasteiger partial charge >= 0.3 is 6.09 Å². The minimum absolute atomic E-state index is 0.658. The van der Waals surface area contributed by atoms with E-state index in [0.29, 0.717) is 5.69 Å². The first-order valence-electron chi connectivity index (χ1n) is 5.90. The molecule has 0 unspecified atom stereocenters. The van der Waals surface area contributed by atoms with Gasteiger partial charge < -0.3 is 5.11 Å². The zero-order valence-electron chi connectivity index (χ0n) is 10.2. The van der Waals surface area contributed by atoms with Gasteiger partial charge in [-0.3, -0.25) is 0 Å². The third-order valence-electron chi connectivity index (χ3n) is 2.82. The van der Waals surface area contributed by atoms with E-state index in [0.717, 1.165) is 17.7 Å². The Morgan fingerprint density at radius 3 is 2.28 bits per heavy atom. The molecule has 0 heterocycles. The van der Waals surface area contributed by atoms with Gasteiger partial charge in [-0.15, -0.1) is 0 Å². The molecule has 0 spiro atoms. The zero-order valence-corrected chi connectivity index (χ0v) is 10.2. The van der Waals surface area contributed by atoms with Gasteiger partial charge in [0.15, 0.2) is 0 Å². The highest BCUT2D eigenvalue weighted by molar-refractivity contribution is 5.95. The first-order chi connectivity index (χ1) is 8.74. The van der Waals surface area contributed by atoms with Gasteiger partial charge in [0, 0.05) is 0 Å². The second-order valence-electron chi connectivity index (χ2n) is 3.94. The number of benzene rings is 2. The van der Waals surface area contributed by atoms with Crippen LogP contribution in [0.1, 0.15) is 12.5 Å². The van der Waals surface area contributed by atoms with Crippen molar-refractivity contribution in [3.05, 3.63) is 60.2 Å². The van der Waals surface area contributed by atoms with Crippen molar-refractivity contribution in [3.8, 4) is 0 Å². The Balaban J connectivity index is 2.52. The smallest absolute Gasteiger partial charge is 0.416 e. The maximum Gasteiger partial charge on any atom is 0.416 e. The summed E-state index contributed by atoms with van der Waals surface area (Å²) in [6, 6.07) is 16.7. The van der Waals surface area contributed by atoms with Crippen LogP contribution in [0.3, 0.4) is 0 Å². The first kappa shape index (κ1) is 12.2. The van der Waals surface area contributed by atoms with Gasteiger partial charge in [0.2, 0.25) is 0 Å². The highest BCUT2D eigenvalue weighted by atomic mass is 16.4. The van der Waals surface area contributed by atoms with Crippen molar-refractivity contribution in [2.75, 3.05) is 4.90 Å². The van der Waals surface area contributed by atoms with Crippen molar-refractivity contribution in [1.82, 2.24) is 0 Å². The molecule has 1 N–H and O–H groups in total. The maximum absolute atomic E-state index is 11.5. The normalized spacial score (nSPS) is 10.1. The van der Waals surface area contributed by atoms with Crippen LogP contribution >= 0.6 is 0 Å². The molecule has 0 bridgehead atoms. The molecule has 1 amide bonds. The summed E-state index contributed by atoms with van der Waals surface area (Å²) in [6.07, 6.45) is -0.172. The molecule has 0 aliphatic rings. The summed E-state index contributed by atoms with van der Waals surface area (Å²) in [6.45, 7) is 2.02. The summed E-state index contributed by atoms with van der Waals surface area (Å²) < 4.78 is 0. The van der Waals surface area contributed by atoms with Crippen molar-refractivity contribution >= 4 is 17.5 Å². The molecule has 0 aliphatic carbocycles. The summed E-state index contributed by atoms with van der Waals surface area (Å²) in [4.78, 5) is 12.8. The Morgan fingerprint density at radius 1 is 1.06 bits per heavy atom. The minimum Gasteiger partial charge on any atom is -0.464 e. The van der Waals surface area contributed by atoms with Gasteiger partial charge in [0.05, 0.1) is 11.4 Å². The zero-order chi connectivity index (χ0) is 13.0. The van der Waals surface area contributed by atoms with E-state index in [2.05, 4.69) is 0 Å². The van der Waals surface area contributed by atoms with E-state index in [1.807, 2.05) is 49.4 Å². The lowest BCUT2D eigenvalue weighted by Gasteiger charge is -2.22. The van der Waals surface area contributed by atoms with Crippen molar-refractivity contribution in [2.24, 2.45) is 0 Å². The number of nitrogens with zero attached hydrogens (tertiary/aromatic N) is 1. The number of anilines is 2. The quantitative estimate of drug-likeness (QED) is 0.880. The van der Waals surface area contributed by atoms with E-state index >= 15 is 0 Å².